The average molecular weight is 420 g/mol. The molecule has 162 valence electrons. The van der Waals surface area contributed by atoms with Crippen LogP contribution < -0.4 is 20.1 Å². The second-order valence-electron chi connectivity index (χ2n) is 6.84. The van der Waals surface area contributed by atoms with Crippen molar-refractivity contribution in [2.75, 3.05) is 19.8 Å². The molecular weight excluding hydrogens is 394 g/mol. The maximum atomic E-state index is 13.8. The molecule has 0 unspecified atom stereocenters. The van der Waals surface area contributed by atoms with Gasteiger partial charge in [0.25, 0.3) is 5.91 Å². The summed E-state index contributed by atoms with van der Waals surface area (Å²) in [6.07, 6.45) is 0. The number of nitrogens with one attached hydrogen (secondary N) is 2. The maximum Gasteiger partial charge on any atom is 0.257 e. The van der Waals surface area contributed by atoms with Crippen LogP contribution in [-0.2, 0) is 4.79 Å². The van der Waals surface area contributed by atoms with Crippen LogP contribution in [0.25, 0.3) is 0 Å². The second kappa shape index (κ2) is 11.1. The Morgan fingerprint density at radius 1 is 0.967 bits per heavy atom. The lowest BCUT2D eigenvalue weighted by Crippen LogP contribution is -2.50. The monoisotopic (exact) mass is 420 g/mol. The van der Waals surface area contributed by atoms with E-state index in [4.69, 9.17) is 9.47 Å². The smallest absolute Gasteiger partial charge is 0.257 e. The Balaban J connectivity index is 1.87. The van der Waals surface area contributed by atoms with Crippen molar-refractivity contribution in [2.24, 2.45) is 5.92 Å². The predicted molar refractivity (Wildman–Crippen MR) is 109 cm³/mol. The Morgan fingerprint density at radius 2 is 1.53 bits per heavy atom. The summed E-state index contributed by atoms with van der Waals surface area (Å²) in [6.45, 7) is 6.31. The molecule has 0 bridgehead atoms. The van der Waals surface area contributed by atoms with E-state index in [9.17, 15) is 18.4 Å². The molecule has 2 N–H and O–H groups in total. The molecule has 2 aromatic rings. The van der Waals surface area contributed by atoms with Gasteiger partial charge in [-0.1, -0.05) is 19.9 Å². The Kier molecular flexibility index (Phi) is 8.58. The van der Waals surface area contributed by atoms with Gasteiger partial charge in [-0.2, -0.15) is 0 Å². The molecule has 0 aliphatic heterocycles. The summed E-state index contributed by atoms with van der Waals surface area (Å²) in [4.78, 5) is 24.8. The van der Waals surface area contributed by atoms with E-state index in [2.05, 4.69) is 10.6 Å². The molecule has 0 saturated carbocycles. The minimum Gasteiger partial charge on any atom is -0.494 e. The Morgan fingerprint density at radius 3 is 2.07 bits per heavy atom. The summed E-state index contributed by atoms with van der Waals surface area (Å²) in [5.74, 6) is -2.36. The van der Waals surface area contributed by atoms with Crippen LogP contribution in [0.3, 0.4) is 0 Å². The van der Waals surface area contributed by atoms with Crippen molar-refractivity contribution in [3.05, 3.63) is 59.7 Å². The van der Waals surface area contributed by atoms with Crippen LogP contribution in [-0.4, -0.2) is 37.6 Å². The molecule has 0 aromatic heterocycles. The summed E-state index contributed by atoms with van der Waals surface area (Å²) in [7, 11) is 0. The summed E-state index contributed by atoms with van der Waals surface area (Å²) in [5.41, 5.74) is -0.713. The van der Waals surface area contributed by atoms with Gasteiger partial charge in [0, 0.05) is 0 Å². The molecule has 2 amide bonds. The third-order valence-corrected chi connectivity index (χ3v) is 4.23. The van der Waals surface area contributed by atoms with Gasteiger partial charge in [-0.15, -0.1) is 0 Å². The molecule has 0 saturated heterocycles. The molecule has 0 spiro atoms. The highest BCUT2D eigenvalue weighted by Crippen LogP contribution is 2.17. The van der Waals surface area contributed by atoms with E-state index in [1.54, 1.807) is 38.1 Å². The molecule has 8 heteroatoms. The van der Waals surface area contributed by atoms with Crippen LogP contribution in [0, 0.1) is 17.6 Å². The summed E-state index contributed by atoms with van der Waals surface area (Å²) in [5, 5.41) is 5.07. The molecule has 6 nitrogen and oxygen atoms in total. The van der Waals surface area contributed by atoms with Gasteiger partial charge in [0.15, 0.2) is 0 Å². The number of hydrogen-bond acceptors (Lipinski definition) is 4. The van der Waals surface area contributed by atoms with Crippen molar-refractivity contribution in [3.63, 3.8) is 0 Å². The van der Waals surface area contributed by atoms with Crippen molar-refractivity contribution < 1.29 is 27.8 Å². The lowest BCUT2D eigenvalue weighted by atomic mass is 10.0. The van der Waals surface area contributed by atoms with Crippen LogP contribution in [0.5, 0.6) is 11.5 Å². The summed E-state index contributed by atoms with van der Waals surface area (Å²) >= 11 is 0. The Hall–Kier alpha value is -3.16. The van der Waals surface area contributed by atoms with Gasteiger partial charge in [0.05, 0.1) is 13.2 Å². The van der Waals surface area contributed by atoms with Gasteiger partial charge in [0.2, 0.25) is 5.91 Å². The van der Waals surface area contributed by atoms with E-state index >= 15 is 0 Å². The van der Waals surface area contributed by atoms with Crippen LogP contribution in [0.2, 0.25) is 0 Å². The Labute approximate surface area is 174 Å². The minimum absolute atomic E-state index is 0.194. The van der Waals surface area contributed by atoms with E-state index in [-0.39, 0.29) is 19.1 Å². The van der Waals surface area contributed by atoms with Gasteiger partial charge in [-0.3, -0.25) is 9.59 Å². The van der Waals surface area contributed by atoms with Gasteiger partial charge in [-0.05, 0) is 49.2 Å². The van der Waals surface area contributed by atoms with Crippen LogP contribution in [0.4, 0.5) is 8.78 Å². The summed E-state index contributed by atoms with van der Waals surface area (Å²) in [6, 6.07) is 9.26. The molecule has 0 heterocycles. The number of carbonyl (C=O) groups is 2. The highest BCUT2D eigenvalue weighted by Gasteiger charge is 2.27. The van der Waals surface area contributed by atoms with Gasteiger partial charge in [0.1, 0.15) is 41.3 Å². The fourth-order valence-electron chi connectivity index (χ4n) is 2.71. The number of ether oxygens (including phenoxy) is 2. The second-order valence-corrected chi connectivity index (χ2v) is 6.84. The van der Waals surface area contributed by atoms with E-state index in [0.717, 1.165) is 17.9 Å². The normalized spacial score (nSPS) is 11.7. The van der Waals surface area contributed by atoms with E-state index in [0.29, 0.717) is 12.4 Å². The molecule has 0 aliphatic carbocycles. The predicted octanol–water partition coefficient (Wildman–Crippen LogP) is 3.31. The molecular formula is C22H26F2N2O4. The number of benzene rings is 2. The maximum absolute atomic E-state index is 13.8. The third-order valence-electron chi connectivity index (χ3n) is 4.23. The largest absolute Gasteiger partial charge is 0.494 e. The van der Waals surface area contributed by atoms with Gasteiger partial charge >= 0.3 is 0 Å². The fourth-order valence-corrected chi connectivity index (χ4v) is 2.71. The molecule has 1 atom stereocenters. The number of rotatable bonds is 10. The van der Waals surface area contributed by atoms with Crippen molar-refractivity contribution in [2.45, 2.75) is 26.8 Å². The third kappa shape index (κ3) is 6.43. The van der Waals surface area contributed by atoms with Gasteiger partial charge in [-0.25, -0.2) is 8.78 Å². The fraction of sp³-hybridized carbons (Fsp3) is 0.364. The first-order chi connectivity index (χ1) is 14.3. The molecule has 0 fully saturated rings. The lowest BCUT2D eigenvalue weighted by Gasteiger charge is -2.22. The highest BCUT2D eigenvalue weighted by atomic mass is 19.1. The Bertz CT molecular complexity index is 836. The zero-order chi connectivity index (χ0) is 22.1. The lowest BCUT2D eigenvalue weighted by molar-refractivity contribution is -0.124. The zero-order valence-electron chi connectivity index (χ0n) is 17.2. The van der Waals surface area contributed by atoms with Gasteiger partial charge < -0.3 is 20.1 Å². The quantitative estimate of drug-likeness (QED) is 0.578. The zero-order valence-corrected chi connectivity index (χ0v) is 17.2. The van der Waals surface area contributed by atoms with E-state index in [1.165, 1.54) is 6.07 Å². The first-order valence-electron chi connectivity index (χ1n) is 9.71. The summed E-state index contributed by atoms with van der Waals surface area (Å²) < 4.78 is 38.5. The van der Waals surface area contributed by atoms with E-state index < -0.39 is 35.1 Å². The molecule has 0 radical (unpaired) electrons. The minimum atomic E-state index is -0.987. The molecule has 0 aliphatic rings. The van der Waals surface area contributed by atoms with Crippen molar-refractivity contribution in [1.29, 1.82) is 0 Å². The molecule has 2 rings (SSSR count). The van der Waals surface area contributed by atoms with Crippen LogP contribution in [0.15, 0.2) is 42.5 Å². The topological polar surface area (TPSA) is 76.7 Å². The van der Waals surface area contributed by atoms with Crippen molar-refractivity contribution >= 4 is 11.8 Å². The number of halogens is 2. The van der Waals surface area contributed by atoms with Crippen LogP contribution in [0.1, 0.15) is 31.1 Å². The number of carbonyl (C=O) groups excluding carboxylic acids is 2. The molecule has 30 heavy (non-hydrogen) atoms. The van der Waals surface area contributed by atoms with E-state index in [1.807, 2.05) is 6.92 Å². The molecule has 2 aromatic carbocycles. The van der Waals surface area contributed by atoms with Crippen molar-refractivity contribution in [1.82, 2.24) is 10.6 Å². The van der Waals surface area contributed by atoms with Crippen LogP contribution >= 0.6 is 0 Å². The highest BCUT2D eigenvalue weighted by molar-refractivity contribution is 5.98. The average Bonchev–Trinajstić information content (AvgIpc) is 2.70. The SMILES string of the molecule is CCOc1ccc(OCCNC(=O)[C@@H](NC(=O)c2c(F)cccc2F)C(C)C)cc1. The first-order valence-corrected chi connectivity index (χ1v) is 9.71. The standard InChI is InChI=1S/C22H26F2N2O4/c1-4-29-15-8-10-16(11-9-15)30-13-12-25-22(28)20(14(2)3)26-21(27)19-17(23)6-5-7-18(19)24/h5-11,14,20H,4,12-13H2,1-3H3,(H,25,28)(H,26,27)/t20-/m0/s1. The first kappa shape index (κ1) is 23.1. The number of hydrogen-bond donors (Lipinski definition) is 2. The number of amides is 2. The van der Waals surface area contributed by atoms with Crippen molar-refractivity contribution in [3.8, 4) is 11.5 Å².